The van der Waals surface area contributed by atoms with Gasteiger partial charge in [-0.1, -0.05) is 0 Å². The highest BCUT2D eigenvalue weighted by Crippen LogP contribution is 2.31. The maximum absolute atomic E-state index is 12.5. The van der Waals surface area contributed by atoms with Crippen LogP contribution >= 0.6 is 0 Å². The molecule has 1 aliphatic carbocycles. The van der Waals surface area contributed by atoms with Gasteiger partial charge in [-0.05, 0) is 38.5 Å². The summed E-state index contributed by atoms with van der Waals surface area (Å²) in [5.41, 5.74) is 6.01. The van der Waals surface area contributed by atoms with Crippen molar-refractivity contribution < 1.29 is 9.53 Å². The van der Waals surface area contributed by atoms with E-state index < -0.39 is 0 Å². The standard InChI is InChI=1S/C16H29N3O2/c17-12-13(11-16(20)18-7-2-1-3-8-18)19-9-10-21-15-6-4-5-14(15)19/h13-15H,1-12,17H2. The van der Waals surface area contributed by atoms with Crippen molar-refractivity contribution in [1.29, 1.82) is 0 Å². The van der Waals surface area contributed by atoms with Gasteiger partial charge in [-0.3, -0.25) is 9.69 Å². The zero-order valence-corrected chi connectivity index (χ0v) is 13.0. The molecule has 1 saturated carbocycles. The van der Waals surface area contributed by atoms with Crippen molar-refractivity contribution in [2.75, 3.05) is 32.8 Å². The van der Waals surface area contributed by atoms with Gasteiger partial charge in [0, 0.05) is 44.7 Å². The highest BCUT2D eigenvalue weighted by atomic mass is 16.5. The largest absolute Gasteiger partial charge is 0.375 e. The van der Waals surface area contributed by atoms with Crippen LogP contribution in [0.2, 0.25) is 0 Å². The number of piperidine rings is 1. The second-order valence-electron chi connectivity index (χ2n) is 6.68. The molecule has 1 amide bonds. The van der Waals surface area contributed by atoms with Gasteiger partial charge in [-0.15, -0.1) is 0 Å². The molecule has 3 unspecified atom stereocenters. The number of hydrogen-bond donors (Lipinski definition) is 1. The number of ether oxygens (including phenoxy) is 1. The van der Waals surface area contributed by atoms with E-state index in [-0.39, 0.29) is 6.04 Å². The maximum Gasteiger partial charge on any atom is 0.224 e. The molecule has 21 heavy (non-hydrogen) atoms. The first-order valence-electron chi connectivity index (χ1n) is 8.65. The molecule has 3 aliphatic rings. The van der Waals surface area contributed by atoms with Crippen molar-refractivity contribution in [2.45, 2.75) is 63.1 Å². The third kappa shape index (κ3) is 3.41. The molecular weight excluding hydrogens is 266 g/mol. The van der Waals surface area contributed by atoms with Crippen molar-refractivity contribution in [3.8, 4) is 0 Å². The molecule has 0 aromatic rings. The van der Waals surface area contributed by atoms with Crippen molar-refractivity contribution >= 4 is 5.91 Å². The van der Waals surface area contributed by atoms with E-state index >= 15 is 0 Å². The quantitative estimate of drug-likeness (QED) is 0.839. The first kappa shape index (κ1) is 15.3. The van der Waals surface area contributed by atoms with E-state index in [2.05, 4.69) is 4.90 Å². The molecule has 3 fully saturated rings. The minimum Gasteiger partial charge on any atom is -0.375 e. The van der Waals surface area contributed by atoms with Crippen LogP contribution in [0.4, 0.5) is 0 Å². The summed E-state index contributed by atoms with van der Waals surface area (Å²) in [6, 6.07) is 0.676. The summed E-state index contributed by atoms with van der Waals surface area (Å²) in [6.45, 7) is 4.16. The number of morpholine rings is 1. The molecular formula is C16H29N3O2. The maximum atomic E-state index is 12.5. The van der Waals surface area contributed by atoms with Crippen LogP contribution in [0.5, 0.6) is 0 Å². The van der Waals surface area contributed by atoms with E-state index in [1.54, 1.807) is 0 Å². The summed E-state index contributed by atoms with van der Waals surface area (Å²) < 4.78 is 5.87. The van der Waals surface area contributed by atoms with E-state index in [0.29, 0.717) is 31.0 Å². The summed E-state index contributed by atoms with van der Waals surface area (Å²) in [4.78, 5) is 17.0. The van der Waals surface area contributed by atoms with Crippen LogP contribution in [0, 0.1) is 0 Å². The second kappa shape index (κ2) is 7.07. The number of amides is 1. The third-order valence-corrected chi connectivity index (χ3v) is 5.39. The van der Waals surface area contributed by atoms with Gasteiger partial charge in [-0.2, -0.15) is 0 Å². The molecule has 0 aromatic heterocycles. The van der Waals surface area contributed by atoms with E-state index in [9.17, 15) is 4.79 Å². The number of carbonyl (C=O) groups excluding carboxylic acids is 1. The minimum atomic E-state index is 0.189. The average Bonchev–Trinajstić information content (AvgIpc) is 3.02. The Hall–Kier alpha value is -0.650. The Bertz CT molecular complexity index is 357. The molecule has 0 aromatic carbocycles. The van der Waals surface area contributed by atoms with E-state index in [1.807, 2.05) is 4.90 Å². The molecule has 2 N–H and O–H groups in total. The Morgan fingerprint density at radius 2 is 1.95 bits per heavy atom. The molecule has 0 spiro atoms. The fourth-order valence-electron chi connectivity index (χ4n) is 4.22. The number of likely N-dealkylation sites (tertiary alicyclic amines) is 1. The van der Waals surface area contributed by atoms with Crippen LogP contribution in [-0.2, 0) is 9.53 Å². The summed E-state index contributed by atoms with van der Waals surface area (Å²) in [5.74, 6) is 0.297. The number of nitrogens with zero attached hydrogens (tertiary/aromatic N) is 2. The molecule has 5 nitrogen and oxygen atoms in total. The molecule has 3 atom stereocenters. The Morgan fingerprint density at radius 1 is 1.14 bits per heavy atom. The van der Waals surface area contributed by atoms with Gasteiger partial charge in [0.1, 0.15) is 0 Å². The lowest BCUT2D eigenvalue weighted by atomic mass is 10.0. The predicted octanol–water partition coefficient (Wildman–Crippen LogP) is 0.970. The van der Waals surface area contributed by atoms with Crippen molar-refractivity contribution in [1.82, 2.24) is 9.80 Å². The summed E-state index contributed by atoms with van der Waals surface area (Å²) in [7, 11) is 0. The van der Waals surface area contributed by atoms with E-state index in [1.165, 1.54) is 25.7 Å². The number of rotatable bonds is 4. The SMILES string of the molecule is NCC(CC(=O)N1CCCCC1)N1CCOC2CCCC21. The molecule has 2 saturated heterocycles. The summed E-state index contributed by atoms with van der Waals surface area (Å²) in [6.07, 6.45) is 8.12. The Morgan fingerprint density at radius 3 is 2.71 bits per heavy atom. The first-order chi connectivity index (χ1) is 10.3. The highest BCUT2D eigenvalue weighted by Gasteiger charge is 2.39. The predicted molar refractivity (Wildman–Crippen MR) is 82.0 cm³/mol. The Kier molecular flexibility index (Phi) is 5.14. The van der Waals surface area contributed by atoms with E-state index in [4.69, 9.17) is 10.5 Å². The smallest absolute Gasteiger partial charge is 0.224 e. The van der Waals surface area contributed by atoms with Crippen molar-refractivity contribution in [3.63, 3.8) is 0 Å². The highest BCUT2D eigenvalue weighted by molar-refractivity contribution is 5.77. The summed E-state index contributed by atoms with van der Waals surface area (Å²) in [5, 5.41) is 0. The molecule has 0 radical (unpaired) electrons. The van der Waals surface area contributed by atoms with Crippen molar-refractivity contribution in [2.24, 2.45) is 5.73 Å². The van der Waals surface area contributed by atoms with Gasteiger partial charge in [0.15, 0.2) is 0 Å². The number of hydrogen-bond acceptors (Lipinski definition) is 4. The number of nitrogens with two attached hydrogens (primary N) is 1. The van der Waals surface area contributed by atoms with Gasteiger partial charge in [0.25, 0.3) is 0 Å². The Labute approximate surface area is 127 Å². The Balaban J connectivity index is 1.59. The molecule has 5 heteroatoms. The van der Waals surface area contributed by atoms with Crippen molar-refractivity contribution in [3.05, 3.63) is 0 Å². The third-order valence-electron chi connectivity index (χ3n) is 5.39. The zero-order chi connectivity index (χ0) is 14.7. The molecule has 0 bridgehead atoms. The lowest BCUT2D eigenvalue weighted by Crippen LogP contribution is -2.56. The minimum absolute atomic E-state index is 0.189. The lowest BCUT2D eigenvalue weighted by Gasteiger charge is -2.42. The molecule has 3 rings (SSSR count). The monoisotopic (exact) mass is 295 g/mol. The van der Waals surface area contributed by atoms with Gasteiger partial charge >= 0.3 is 0 Å². The van der Waals surface area contributed by atoms with Gasteiger partial charge in [-0.25, -0.2) is 0 Å². The van der Waals surface area contributed by atoms with Gasteiger partial charge in [0.05, 0.1) is 12.7 Å². The van der Waals surface area contributed by atoms with Crippen LogP contribution < -0.4 is 5.73 Å². The van der Waals surface area contributed by atoms with E-state index in [0.717, 1.165) is 39.1 Å². The van der Waals surface area contributed by atoms with Crippen LogP contribution in [-0.4, -0.2) is 66.7 Å². The molecule has 2 heterocycles. The molecule has 2 aliphatic heterocycles. The second-order valence-corrected chi connectivity index (χ2v) is 6.68. The van der Waals surface area contributed by atoms with Crippen LogP contribution in [0.15, 0.2) is 0 Å². The number of fused-ring (bicyclic) bond motifs is 1. The topological polar surface area (TPSA) is 58.8 Å². The fraction of sp³-hybridized carbons (Fsp3) is 0.938. The van der Waals surface area contributed by atoms with Gasteiger partial charge in [0.2, 0.25) is 5.91 Å². The van der Waals surface area contributed by atoms with Crippen LogP contribution in [0.3, 0.4) is 0 Å². The average molecular weight is 295 g/mol. The molecule has 120 valence electrons. The number of carbonyl (C=O) groups is 1. The first-order valence-corrected chi connectivity index (χ1v) is 8.65. The van der Waals surface area contributed by atoms with Crippen LogP contribution in [0.1, 0.15) is 44.9 Å². The lowest BCUT2D eigenvalue weighted by molar-refractivity contribution is -0.135. The normalized spacial score (nSPS) is 32.0. The summed E-state index contributed by atoms with van der Waals surface area (Å²) >= 11 is 0. The van der Waals surface area contributed by atoms with Gasteiger partial charge < -0.3 is 15.4 Å². The fourth-order valence-corrected chi connectivity index (χ4v) is 4.22. The van der Waals surface area contributed by atoms with Crippen LogP contribution in [0.25, 0.3) is 0 Å². The zero-order valence-electron chi connectivity index (χ0n) is 13.0.